The van der Waals surface area contributed by atoms with Crippen molar-refractivity contribution in [2.45, 2.75) is 33.1 Å². The molecule has 1 unspecified atom stereocenters. The zero-order valence-electron chi connectivity index (χ0n) is 8.85. The molecule has 2 heteroatoms. The lowest BCUT2D eigenvalue weighted by atomic mass is 9.87. The van der Waals surface area contributed by atoms with Gasteiger partial charge in [-0.05, 0) is 23.5 Å². The highest BCUT2D eigenvalue weighted by Crippen LogP contribution is 2.28. The molecule has 0 aromatic heterocycles. The van der Waals surface area contributed by atoms with Gasteiger partial charge in [-0.25, -0.2) is 8.78 Å². The summed E-state index contributed by atoms with van der Waals surface area (Å²) >= 11 is 0. The molecule has 0 radical (unpaired) electrons. The third-order valence-corrected chi connectivity index (χ3v) is 2.95. The lowest BCUT2D eigenvalue weighted by Gasteiger charge is -2.19. The van der Waals surface area contributed by atoms with Crippen LogP contribution < -0.4 is 0 Å². The van der Waals surface area contributed by atoms with E-state index in [4.69, 9.17) is 0 Å². The monoisotopic (exact) mass is 198 g/mol. The first-order valence-electron chi connectivity index (χ1n) is 5.01. The molecule has 78 valence electrons. The van der Waals surface area contributed by atoms with Gasteiger partial charge in [-0.15, -0.1) is 0 Å². The molecule has 0 aliphatic rings. The van der Waals surface area contributed by atoms with Crippen LogP contribution in [0.1, 0.15) is 38.7 Å². The molecule has 1 aromatic carbocycles. The Morgan fingerprint density at radius 1 is 1.21 bits per heavy atom. The van der Waals surface area contributed by atoms with Crippen LogP contribution in [-0.4, -0.2) is 0 Å². The van der Waals surface area contributed by atoms with Gasteiger partial charge in [0.25, 0.3) is 0 Å². The third-order valence-electron chi connectivity index (χ3n) is 2.95. The second kappa shape index (κ2) is 4.54. The molecule has 0 N–H and O–H groups in total. The van der Waals surface area contributed by atoms with Gasteiger partial charge in [0.2, 0.25) is 0 Å². The van der Waals surface area contributed by atoms with Gasteiger partial charge in [0.1, 0.15) is 11.6 Å². The Hall–Kier alpha value is -0.920. The Kier molecular flexibility index (Phi) is 3.62. The maximum atomic E-state index is 13.4. The van der Waals surface area contributed by atoms with Crippen LogP contribution in [0.25, 0.3) is 0 Å². The zero-order valence-corrected chi connectivity index (χ0v) is 8.85. The number of hydrogen-bond donors (Lipinski definition) is 0. The zero-order chi connectivity index (χ0) is 10.7. The fourth-order valence-corrected chi connectivity index (χ4v) is 1.53. The van der Waals surface area contributed by atoms with Crippen LogP contribution in [0.5, 0.6) is 0 Å². The summed E-state index contributed by atoms with van der Waals surface area (Å²) in [5.74, 6) is -0.393. The van der Waals surface area contributed by atoms with E-state index in [0.29, 0.717) is 11.5 Å². The summed E-state index contributed by atoms with van der Waals surface area (Å²) in [6.07, 6.45) is 0.998. The molecule has 0 bridgehead atoms. The van der Waals surface area contributed by atoms with Gasteiger partial charge in [-0.3, -0.25) is 0 Å². The van der Waals surface area contributed by atoms with Crippen LogP contribution in [0.15, 0.2) is 18.2 Å². The van der Waals surface area contributed by atoms with Gasteiger partial charge in [-0.2, -0.15) is 0 Å². The molecule has 2 atom stereocenters. The smallest absolute Gasteiger partial charge is 0.129 e. The Labute approximate surface area is 84.0 Å². The van der Waals surface area contributed by atoms with Crippen molar-refractivity contribution in [1.82, 2.24) is 0 Å². The molecular weight excluding hydrogens is 182 g/mol. The SMILES string of the molecule is CCC(C)[C@H](C)c1ccc(F)cc1F. The molecular formula is C12H16F2. The summed E-state index contributed by atoms with van der Waals surface area (Å²) < 4.78 is 26.0. The lowest BCUT2D eigenvalue weighted by Crippen LogP contribution is -2.07. The van der Waals surface area contributed by atoms with Gasteiger partial charge in [0.05, 0.1) is 0 Å². The second-order valence-electron chi connectivity index (χ2n) is 3.84. The fraction of sp³-hybridized carbons (Fsp3) is 0.500. The molecule has 0 amide bonds. The summed E-state index contributed by atoms with van der Waals surface area (Å²) in [6.45, 7) is 6.13. The molecule has 14 heavy (non-hydrogen) atoms. The second-order valence-corrected chi connectivity index (χ2v) is 3.84. The molecule has 0 nitrogen and oxygen atoms in total. The van der Waals surface area contributed by atoms with E-state index in [0.717, 1.165) is 12.5 Å². The van der Waals surface area contributed by atoms with Crippen molar-refractivity contribution in [2.24, 2.45) is 5.92 Å². The van der Waals surface area contributed by atoms with Crippen LogP contribution in [0.3, 0.4) is 0 Å². The summed E-state index contributed by atoms with van der Waals surface area (Å²) in [7, 11) is 0. The lowest BCUT2D eigenvalue weighted by molar-refractivity contribution is 0.451. The predicted molar refractivity (Wildman–Crippen MR) is 54.2 cm³/mol. The van der Waals surface area contributed by atoms with Crippen molar-refractivity contribution in [3.63, 3.8) is 0 Å². The van der Waals surface area contributed by atoms with E-state index < -0.39 is 11.6 Å². The fourth-order valence-electron chi connectivity index (χ4n) is 1.53. The van der Waals surface area contributed by atoms with E-state index in [1.807, 2.05) is 6.92 Å². The number of hydrogen-bond acceptors (Lipinski definition) is 0. The topological polar surface area (TPSA) is 0 Å². The van der Waals surface area contributed by atoms with Crippen molar-refractivity contribution < 1.29 is 8.78 Å². The van der Waals surface area contributed by atoms with E-state index in [1.54, 1.807) is 6.07 Å². The molecule has 0 spiro atoms. The van der Waals surface area contributed by atoms with Gasteiger partial charge >= 0.3 is 0 Å². The third kappa shape index (κ3) is 2.31. The minimum absolute atomic E-state index is 0.139. The molecule has 0 aliphatic heterocycles. The molecule has 1 rings (SSSR count). The number of halogens is 2. The largest absolute Gasteiger partial charge is 0.207 e. The predicted octanol–water partition coefficient (Wildman–Crippen LogP) is 4.11. The minimum Gasteiger partial charge on any atom is -0.207 e. The van der Waals surface area contributed by atoms with E-state index in [2.05, 4.69) is 13.8 Å². The average molecular weight is 198 g/mol. The van der Waals surface area contributed by atoms with Crippen molar-refractivity contribution in [3.8, 4) is 0 Å². The van der Waals surface area contributed by atoms with Crippen LogP contribution in [0, 0.1) is 17.6 Å². The highest BCUT2D eigenvalue weighted by molar-refractivity contribution is 5.22. The Balaban J connectivity index is 2.95. The van der Waals surface area contributed by atoms with E-state index in [-0.39, 0.29) is 5.92 Å². The maximum absolute atomic E-state index is 13.4. The van der Waals surface area contributed by atoms with Gasteiger partial charge < -0.3 is 0 Å². The minimum atomic E-state index is -0.511. The Bertz CT molecular complexity index is 307. The maximum Gasteiger partial charge on any atom is 0.129 e. The molecule has 0 heterocycles. The van der Waals surface area contributed by atoms with E-state index in [1.165, 1.54) is 6.07 Å². The van der Waals surface area contributed by atoms with Crippen LogP contribution in [0.4, 0.5) is 8.78 Å². The highest BCUT2D eigenvalue weighted by Gasteiger charge is 2.16. The molecule has 0 fully saturated rings. The quantitative estimate of drug-likeness (QED) is 0.685. The van der Waals surface area contributed by atoms with Crippen molar-refractivity contribution in [2.75, 3.05) is 0 Å². The molecule has 0 saturated heterocycles. The van der Waals surface area contributed by atoms with Crippen LogP contribution in [-0.2, 0) is 0 Å². The van der Waals surface area contributed by atoms with Gasteiger partial charge in [-0.1, -0.05) is 33.3 Å². The van der Waals surface area contributed by atoms with Crippen molar-refractivity contribution >= 4 is 0 Å². The standard InChI is InChI=1S/C12H16F2/c1-4-8(2)9(3)11-6-5-10(13)7-12(11)14/h5-9H,4H2,1-3H3/t8?,9-/m0/s1. The average Bonchev–Trinajstić information content (AvgIpc) is 2.15. The summed E-state index contributed by atoms with van der Waals surface area (Å²) in [5, 5.41) is 0. The summed E-state index contributed by atoms with van der Waals surface area (Å²) in [6, 6.07) is 3.81. The van der Waals surface area contributed by atoms with Crippen LogP contribution >= 0.6 is 0 Å². The molecule has 0 saturated carbocycles. The number of benzene rings is 1. The first kappa shape index (κ1) is 11.2. The van der Waals surface area contributed by atoms with Crippen LogP contribution in [0.2, 0.25) is 0 Å². The highest BCUT2D eigenvalue weighted by atomic mass is 19.1. The van der Waals surface area contributed by atoms with Crippen molar-refractivity contribution in [3.05, 3.63) is 35.4 Å². The first-order chi connectivity index (χ1) is 6.56. The Morgan fingerprint density at radius 3 is 2.36 bits per heavy atom. The van der Waals surface area contributed by atoms with Crippen molar-refractivity contribution in [1.29, 1.82) is 0 Å². The Morgan fingerprint density at radius 2 is 1.86 bits per heavy atom. The summed E-state index contributed by atoms with van der Waals surface area (Å²) in [4.78, 5) is 0. The van der Waals surface area contributed by atoms with Gasteiger partial charge in [0, 0.05) is 6.07 Å². The molecule has 1 aromatic rings. The normalized spacial score (nSPS) is 15.2. The number of rotatable bonds is 3. The summed E-state index contributed by atoms with van der Waals surface area (Å²) in [5.41, 5.74) is 0.612. The van der Waals surface area contributed by atoms with E-state index in [9.17, 15) is 8.78 Å². The first-order valence-corrected chi connectivity index (χ1v) is 5.01. The van der Waals surface area contributed by atoms with E-state index >= 15 is 0 Å². The van der Waals surface area contributed by atoms with Gasteiger partial charge in [0.15, 0.2) is 0 Å². The molecule has 0 aliphatic carbocycles.